The molecule has 0 heterocycles. The van der Waals surface area contributed by atoms with Crippen molar-refractivity contribution >= 4 is 0 Å². The summed E-state index contributed by atoms with van der Waals surface area (Å²) in [5.41, 5.74) is 2.11. The molecule has 0 aliphatic heterocycles. The molecule has 1 unspecified atom stereocenters. The predicted octanol–water partition coefficient (Wildman–Crippen LogP) is 3.92. The topological polar surface area (TPSA) is 40.5 Å². The average Bonchev–Trinajstić information content (AvgIpc) is 2.84. The predicted molar refractivity (Wildman–Crippen MR) is 88.3 cm³/mol. The van der Waals surface area contributed by atoms with Crippen LogP contribution in [0.4, 0.5) is 0 Å². The second-order valence-electron chi connectivity index (χ2n) is 9.53. The van der Waals surface area contributed by atoms with Gasteiger partial charge in [-0.05, 0) is 85.9 Å². The van der Waals surface area contributed by atoms with E-state index in [0.717, 1.165) is 18.8 Å². The number of fused-ring (bicyclic) bond motifs is 2. The van der Waals surface area contributed by atoms with Gasteiger partial charge in [0.1, 0.15) is 0 Å². The normalized spacial score (nSPS) is 57.0. The lowest BCUT2D eigenvalue weighted by Crippen LogP contribution is -2.61. The molecule has 2 heteroatoms. The van der Waals surface area contributed by atoms with Gasteiger partial charge >= 0.3 is 0 Å². The van der Waals surface area contributed by atoms with E-state index >= 15 is 0 Å². The van der Waals surface area contributed by atoms with Crippen molar-refractivity contribution in [2.75, 3.05) is 6.61 Å². The highest BCUT2D eigenvalue weighted by Crippen LogP contribution is 2.73. The summed E-state index contributed by atoms with van der Waals surface area (Å²) in [6, 6.07) is 0. The van der Waals surface area contributed by atoms with E-state index < -0.39 is 0 Å². The average molecular weight is 304 g/mol. The van der Waals surface area contributed by atoms with Gasteiger partial charge in [0.15, 0.2) is 0 Å². The molecule has 0 radical (unpaired) electrons. The molecule has 0 aromatic carbocycles. The van der Waals surface area contributed by atoms with Crippen molar-refractivity contribution in [2.24, 2.45) is 34.0 Å². The Morgan fingerprint density at radius 1 is 1.14 bits per heavy atom. The van der Waals surface area contributed by atoms with Crippen LogP contribution in [0.5, 0.6) is 0 Å². The van der Waals surface area contributed by atoms with Crippen molar-refractivity contribution in [1.82, 2.24) is 0 Å². The Kier molecular flexibility index (Phi) is 3.18. The molecule has 4 aliphatic carbocycles. The Balaban J connectivity index is 1.82. The lowest BCUT2D eigenvalue weighted by molar-refractivity contribution is -0.192. The van der Waals surface area contributed by atoms with Crippen molar-refractivity contribution in [1.29, 1.82) is 0 Å². The summed E-state index contributed by atoms with van der Waals surface area (Å²) < 4.78 is 0. The fraction of sp³-hybridized carbons (Fsp3) is 0.900. The van der Waals surface area contributed by atoms with Crippen LogP contribution in [0.3, 0.4) is 0 Å². The largest absolute Gasteiger partial charge is 0.396 e. The van der Waals surface area contributed by atoms with Crippen LogP contribution in [-0.2, 0) is 0 Å². The van der Waals surface area contributed by atoms with E-state index in [0.29, 0.717) is 17.3 Å². The van der Waals surface area contributed by atoms with Gasteiger partial charge in [-0.15, -0.1) is 0 Å². The van der Waals surface area contributed by atoms with E-state index in [4.69, 9.17) is 0 Å². The zero-order valence-corrected chi connectivity index (χ0v) is 14.4. The first-order valence-corrected chi connectivity index (χ1v) is 9.32. The highest BCUT2D eigenvalue weighted by molar-refractivity contribution is 5.26. The maximum absolute atomic E-state index is 10.6. The molecule has 4 rings (SSSR count). The molecule has 0 amide bonds. The molecule has 2 bridgehead atoms. The van der Waals surface area contributed by atoms with Gasteiger partial charge in [-0.1, -0.05) is 25.5 Å². The Hall–Kier alpha value is -0.340. The Morgan fingerprint density at radius 3 is 2.64 bits per heavy atom. The van der Waals surface area contributed by atoms with E-state index in [1.807, 2.05) is 0 Å². The highest BCUT2D eigenvalue weighted by atomic mass is 16.3. The molecular formula is C20H32O2. The molecule has 2 nitrogen and oxygen atoms in total. The molecule has 4 aliphatic rings. The quantitative estimate of drug-likeness (QED) is 0.721. The zero-order valence-electron chi connectivity index (χ0n) is 14.4. The molecule has 7 atom stereocenters. The van der Waals surface area contributed by atoms with Crippen molar-refractivity contribution in [3.63, 3.8) is 0 Å². The molecule has 22 heavy (non-hydrogen) atoms. The first-order valence-electron chi connectivity index (χ1n) is 9.32. The molecule has 0 aromatic rings. The van der Waals surface area contributed by atoms with Gasteiger partial charge in [0.2, 0.25) is 0 Å². The standard InChI is InChI=1S/C20H32O2/c1-13-8-15-4-5-17-18(2,12-21)10-16(22)11-19(17,3)20(15)7-6-14(13)9-20/h8,14-17,21-22H,4-7,9-12H2,1-3H3/t14-,15+,16+,17+,18?,19+,20-/m1/s1. The van der Waals surface area contributed by atoms with Crippen LogP contribution in [-0.4, -0.2) is 22.9 Å². The third-order valence-electron chi connectivity index (χ3n) is 8.60. The van der Waals surface area contributed by atoms with E-state index in [9.17, 15) is 10.2 Å². The highest BCUT2D eigenvalue weighted by Gasteiger charge is 2.66. The van der Waals surface area contributed by atoms with E-state index in [1.54, 1.807) is 5.57 Å². The maximum atomic E-state index is 10.6. The molecule has 3 fully saturated rings. The maximum Gasteiger partial charge on any atom is 0.0551 e. The number of aliphatic hydroxyl groups excluding tert-OH is 2. The minimum Gasteiger partial charge on any atom is -0.396 e. The summed E-state index contributed by atoms with van der Waals surface area (Å²) in [4.78, 5) is 0. The van der Waals surface area contributed by atoms with Gasteiger partial charge in [-0.3, -0.25) is 0 Å². The number of hydrogen-bond acceptors (Lipinski definition) is 2. The number of hydrogen-bond donors (Lipinski definition) is 2. The lowest BCUT2D eigenvalue weighted by Gasteiger charge is -2.66. The molecular weight excluding hydrogens is 272 g/mol. The molecule has 3 saturated carbocycles. The fourth-order valence-corrected chi connectivity index (χ4v) is 7.61. The molecule has 124 valence electrons. The first kappa shape index (κ1) is 15.2. The van der Waals surface area contributed by atoms with Crippen LogP contribution < -0.4 is 0 Å². The lowest BCUT2D eigenvalue weighted by atomic mass is 9.39. The van der Waals surface area contributed by atoms with Crippen LogP contribution in [0.25, 0.3) is 0 Å². The minimum absolute atomic E-state index is 0.0968. The Morgan fingerprint density at radius 2 is 1.91 bits per heavy atom. The van der Waals surface area contributed by atoms with E-state index in [-0.39, 0.29) is 23.5 Å². The van der Waals surface area contributed by atoms with Crippen LogP contribution in [0.2, 0.25) is 0 Å². The van der Waals surface area contributed by atoms with Crippen LogP contribution >= 0.6 is 0 Å². The molecule has 1 spiro atoms. The molecule has 0 aromatic heterocycles. The van der Waals surface area contributed by atoms with Gasteiger partial charge < -0.3 is 10.2 Å². The second kappa shape index (κ2) is 4.60. The molecule has 0 saturated heterocycles. The van der Waals surface area contributed by atoms with Gasteiger partial charge in [0.05, 0.1) is 6.10 Å². The van der Waals surface area contributed by atoms with Crippen molar-refractivity contribution < 1.29 is 10.2 Å². The summed E-state index contributed by atoms with van der Waals surface area (Å²) in [5, 5.41) is 20.7. The van der Waals surface area contributed by atoms with Gasteiger partial charge in [0.25, 0.3) is 0 Å². The van der Waals surface area contributed by atoms with Crippen molar-refractivity contribution in [3.05, 3.63) is 11.6 Å². The second-order valence-corrected chi connectivity index (χ2v) is 9.53. The number of rotatable bonds is 1. The Labute approximate surface area is 135 Å². The van der Waals surface area contributed by atoms with Crippen molar-refractivity contribution in [2.45, 2.75) is 71.8 Å². The number of aliphatic hydroxyl groups is 2. The van der Waals surface area contributed by atoms with Crippen LogP contribution in [0.1, 0.15) is 65.7 Å². The zero-order chi connectivity index (χ0) is 15.8. The summed E-state index contributed by atoms with van der Waals surface area (Å²) >= 11 is 0. The SMILES string of the molecule is CC1=C[C@@H]2CC[C@H]3C(C)(CO)C[C@H](O)C[C@]3(C)[C@@]23CC[C@@H]1C3. The minimum atomic E-state index is -0.238. The number of allylic oxidation sites excluding steroid dienone is 2. The fourth-order valence-electron chi connectivity index (χ4n) is 7.61. The van der Waals surface area contributed by atoms with Crippen LogP contribution in [0, 0.1) is 34.0 Å². The van der Waals surface area contributed by atoms with E-state index in [1.165, 1.54) is 32.1 Å². The van der Waals surface area contributed by atoms with Gasteiger partial charge in [-0.25, -0.2) is 0 Å². The summed E-state index contributed by atoms with van der Waals surface area (Å²) in [5.74, 6) is 2.06. The monoisotopic (exact) mass is 304 g/mol. The summed E-state index contributed by atoms with van der Waals surface area (Å²) in [6.45, 7) is 7.26. The summed E-state index contributed by atoms with van der Waals surface area (Å²) in [7, 11) is 0. The van der Waals surface area contributed by atoms with Crippen molar-refractivity contribution in [3.8, 4) is 0 Å². The third-order valence-corrected chi connectivity index (χ3v) is 8.60. The van der Waals surface area contributed by atoms with E-state index in [2.05, 4.69) is 26.8 Å². The first-order chi connectivity index (χ1) is 10.3. The summed E-state index contributed by atoms with van der Waals surface area (Å²) in [6.07, 6.45) is 10.6. The molecule has 2 N–H and O–H groups in total. The van der Waals surface area contributed by atoms with Gasteiger partial charge in [0, 0.05) is 6.61 Å². The third kappa shape index (κ3) is 1.69. The van der Waals surface area contributed by atoms with Gasteiger partial charge in [-0.2, -0.15) is 0 Å². The Bertz CT molecular complexity index is 512. The van der Waals surface area contributed by atoms with Crippen LogP contribution in [0.15, 0.2) is 11.6 Å². The smallest absolute Gasteiger partial charge is 0.0551 e.